The first-order chi connectivity index (χ1) is 15.6. The van der Waals surface area contributed by atoms with Gasteiger partial charge < -0.3 is 15.0 Å². The largest absolute Gasteiger partial charge is 0.345 e. The average Bonchev–Trinajstić information content (AvgIpc) is 3.49. The summed E-state index contributed by atoms with van der Waals surface area (Å²) in [7, 11) is 0. The third-order valence-corrected chi connectivity index (χ3v) is 6.85. The van der Waals surface area contributed by atoms with Crippen molar-refractivity contribution >= 4 is 17.2 Å². The van der Waals surface area contributed by atoms with Crippen LogP contribution in [-0.2, 0) is 13.1 Å². The van der Waals surface area contributed by atoms with Gasteiger partial charge in [-0.1, -0.05) is 12.1 Å². The third-order valence-electron chi connectivity index (χ3n) is 6.85. The van der Waals surface area contributed by atoms with E-state index in [0.717, 1.165) is 23.8 Å². The lowest BCUT2D eigenvalue weighted by molar-refractivity contribution is 0.0945. The number of aromatic nitrogens is 4. The molecule has 0 atom stereocenters. The number of nitrogens with zero attached hydrogens (tertiary/aromatic N) is 4. The maximum atomic E-state index is 12.6. The third kappa shape index (κ3) is 3.36. The number of amides is 1. The van der Waals surface area contributed by atoms with Crippen LogP contribution in [0.5, 0.6) is 0 Å². The fourth-order valence-corrected chi connectivity index (χ4v) is 5.17. The molecule has 4 heterocycles. The number of hydrogen-bond acceptors (Lipinski definition) is 5. The molecule has 0 aliphatic heterocycles. The molecule has 8 heteroatoms. The van der Waals surface area contributed by atoms with Crippen LogP contribution in [0.2, 0.25) is 0 Å². The van der Waals surface area contributed by atoms with Gasteiger partial charge in [-0.05, 0) is 55.4 Å². The van der Waals surface area contributed by atoms with Crippen LogP contribution in [0.1, 0.15) is 47.4 Å². The van der Waals surface area contributed by atoms with Crippen molar-refractivity contribution in [3.63, 3.8) is 0 Å². The molecule has 0 saturated heterocycles. The van der Waals surface area contributed by atoms with Gasteiger partial charge in [-0.3, -0.25) is 14.0 Å². The molecule has 1 amide bonds. The fraction of sp³-hybridized carbons (Fsp3) is 0.333. The van der Waals surface area contributed by atoms with Crippen LogP contribution in [-0.4, -0.2) is 30.2 Å². The molecule has 0 radical (unpaired) electrons. The van der Waals surface area contributed by atoms with Gasteiger partial charge in [0.25, 0.3) is 11.5 Å². The number of rotatable bonds is 6. The smallest absolute Gasteiger partial charge is 0.270 e. The predicted molar refractivity (Wildman–Crippen MR) is 119 cm³/mol. The number of hydrogen-bond donors (Lipinski definition) is 2. The zero-order chi connectivity index (χ0) is 21.7. The van der Waals surface area contributed by atoms with Crippen LogP contribution in [0.4, 0.5) is 0 Å². The van der Waals surface area contributed by atoms with E-state index in [1.54, 1.807) is 24.4 Å². The number of nitrogens with one attached hydrogen (secondary N) is 2. The van der Waals surface area contributed by atoms with E-state index in [0.29, 0.717) is 11.2 Å². The highest BCUT2D eigenvalue weighted by Crippen LogP contribution is 2.51. The standard InChI is InChI=1S/C24H24N6O2/c31-22-9-19(28-21-3-1-2-8-30(21)22)23(32)25-13-18-15-29-14-17(4-5-20(29)27-18)12-26-24-7-6-16(10-24)11-24/h1-5,8-9,14-16,26H,6-7,10-13H2,(H,25,32). The Hall–Kier alpha value is -3.52. The second-order valence-electron chi connectivity index (χ2n) is 9.07. The van der Waals surface area contributed by atoms with Crippen molar-refractivity contribution in [2.45, 2.75) is 44.3 Å². The normalized spacial score (nSPS) is 21.7. The van der Waals surface area contributed by atoms with Crippen molar-refractivity contribution < 1.29 is 4.79 Å². The fourth-order valence-electron chi connectivity index (χ4n) is 5.17. The summed E-state index contributed by atoms with van der Waals surface area (Å²) >= 11 is 0. The van der Waals surface area contributed by atoms with Gasteiger partial charge in [-0.15, -0.1) is 0 Å². The minimum absolute atomic E-state index is 0.0999. The molecule has 162 valence electrons. The van der Waals surface area contributed by atoms with Crippen LogP contribution in [0.15, 0.2) is 59.8 Å². The molecule has 0 aromatic carbocycles. The summed E-state index contributed by atoms with van der Waals surface area (Å²) in [6.45, 7) is 1.12. The van der Waals surface area contributed by atoms with Gasteiger partial charge in [0.05, 0.1) is 12.2 Å². The van der Waals surface area contributed by atoms with Gasteiger partial charge in [0.15, 0.2) is 0 Å². The molecule has 3 saturated carbocycles. The lowest BCUT2D eigenvalue weighted by Gasteiger charge is -2.39. The Bertz CT molecular complexity index is 1390. The zero-order valence-electron chi connectivity index (χ0n) is 17.6. The molecule has 3 aliphatic rings. The van der Waals surface area contributed by atoms with E-state index < -0.39 is 5.91 Å². The van der Waals surface area contributed by atoms with Crippen molar-refractivity contribution in [2.75, 3.05) is 0 Å². The van der Waals surface area contributed by atoms with E-state index in [1.165, 1.54) is 41.7 Å². The molecule has 2 bridgehead atoms. The topological polar surface area (TPSA) is 92.8 Å². The molecule has 0 unspecified atom stereocenters. The zero-order valence-corrected chi connectivity index (χ0v) is 17.6. The summed E-state index contributed by atoms with van der Waals surface area (Å²) < 4.78 is 3.40. The summed E-state index contributed by atoms with van der Waals surface area (Å²) in [5.74, 6) is 0.546. The summed E-state index contributed by atoms with van der Waals surface area (Å²) in [4.78, 5) is 33.6. The Labute approximate surface area is 184 Å². The Morgan fingerprint density at radius 2 is 2.00 bits per heavy atom. The Balaban J connectivity index is 1.13. The highest BCUT2D eigenvalue weighted by molar-refractivity contribution is 5.92. The maximum Gasteiger partial charge on any atom is 0.270 e. The van der Waals surface area contributed by atoms with Crippen LogP contribution in [0, 0.1) is 5.92 Å². The SMILES string of the molecule is O=C(NCc1cn2cc(CNC34CCC(C3)C4)ccc2n1)c1cc(=O)n2ccccc2n1. The molecule has 3 aliphatic carbocycles. The molecule has 7 rings (SSSR count). The Kier molecular flexibility index (Phi) is 4.36. The number of carbonyl (C=O) groups excluding carboxylic acids is 1. The predicted octanol–water partition coefficient (Wildman–Crippen LogP) is 2.30. The van der Waals surface area contributed by atoms with Crippen molar-refractivity contribution in [3.8, 4) is 0 Å². The van der Waals surface area contributed by atoms with Crippen LogP contribution >= 0.6 is 0 Å². The van der Waals surface area contributed by atoms with Gasteiger partial charge in [-0.25, -0.2) is 9.97 Å². The van der Waals surface area contributed by atoms with Crippen molar-refractivity contribution in [1.29, 1.82) is 0 Å². The van der Waals surface area contributed by atoms with Crippen LogP contribution < -0.4 is 16.2 Å². The van der Waals surface area contributed by atoms with Gasteiger partial charge in [-0.2, -0.15) is 0 Å². The van der Waals surface area contributed by atoms with Gasteiger partial charge in [0.2, 0.25) is 0 Å². The molecule has 0 spiro atoms. The first kappa shape index (κ1) is 19.2. The minimum Gasteiger partial charge on any atom is -0.345 e. The average molecular weight is 428 g/mol. The van der Waals surface area contributed by atoms with E-state index in [2.05, 4.69) is 32.9 Å². The highest BCUT2D eigenvalue weighted by Gasteiger charge is 2.49. The summed E-state index contributed by atoms with van der Waals surface area (Å²) in [5.41, 5.74) is 3.43. The van der Waals surface area contributed by atoms with Gasteiger partial charge in [0.1, 0.15) is 17.0 Å². The maximum absolute atomic E-state index is 12.6. The van der Waals surface area contributed by atoms with Crippen molar-refractivity contribution in [3.05, 3.63) is 82.3 Å². The van der Waals surface area contributed by atoms with Gasteiger partial charge >= 0.3 is 0 Å². The molecule has 2 N–H and O–H groups in total. The number of fused-ring (bicyclic) bond motifs is 3. The van der Waals surface area contributed by atoms with Crippen molar-refractivity contribution in [2.24, 2.45) is 5.92 Å². The second-order valence-corrected chi connectivity index (χ2v) is 9.07. The quantitative estimate of drug-likeness (QED) is 0.492. The minimum atomic E-state index is -0.398. The Morgan fingerprint density at radius 1 is 1.09 bits per heavy atom. The monoisotopic (exact) mass is 428 g/mol. The van der Waals surface area contributed by atoms with Gasteiger partial charge in [0, 0.05) is 36.7 Å². The van der Waals surface area contributed by atoms with E-state index in [9.17, 15) is 9.59 Å². The van der Waals surface area contributed by atoms with Crippen LogP contribution in [0.3, 0.4) is 0 Å². The van der Waals surface area contributed by atoms with Crippen molar-refractivity contribution in [1.82, 2.24) is 29.4 Å². The van der Waals surface area contributed by atoms with E-state index >= 15 is 0 Å². The molecular formula is C24H24N6O2. The Morgan fingerprint density at radius 3 is 2.84 bits per heavy atom. The van der Waals surface area contributed by atoms with E-state index in [-0.39, 0.29) is 17.8 Å². The molecular weight excluding hydrogens is 404 g/mol. The van der Waals surface area contributed by atoms with Crippen LogP contribution in [0.25, 0.3) is 11.3 Å². The lowest BCUT2D eigenvalue weighted by Crippen LogP contribution is -2.48. The second kappa shape index (κ2) is 7.27. The molecule has 32 heavy (non-hydrogen) atoms. The summed E-state index contributed by atoms with van der Waals surface area (Å²) in [6, 6.07) is 10.6. The number of pyridine rings is 2. The summed E-state index contributed by atoms with van der Waals surface area (Å²) in [6.07, 6.45) is 11.0. The first-order valence-corrected chi connectivity index (χ1v) is 11.1. The molecule has 4 aromatic heterocycles. The molecule has 8 nitrogen and oxygen atoms in total. The number of carbonyl (C=O) groups is 1. The molecule has 4 aromatic rings. The number of imidazole rings is 1. The van der Waals surface area contributed by atoms with E-state index in [4.69, 9.17) is 0 Å². The lowest BCUT2D eigenvalue weighted by atomic mass is 9.77. The first-order valence-electron chi connectivity index (χ1n) is 11.1. The van der Waals surface area contributed by atoms with E-state index in [1.807, 2.05) is 16.7 Å². The highest BCUT2D eigenvalue weighted by atomic mass is 16.2. The molecule has 3 fully saturated rings. The summed E-state index contributed by atoms with van der Waals surface area (Å²) in [5, 5.41) is 6.58.